The molecule has 1 aliphatic heterocycles. The monoisotopic (exact) mass is 424 g/mol. The van der Waals surface area contributed by atoms with Crippen molar-refractivity contribution >= 4 is 17.0 Å². The highest BCUT2D eigenvalue weighted by atomic mass is 16.5. The second-order valence-corrected chi connectivity index (χ2v) is 9.11. The summed E-state index contributed by atoms with van der Waals surface area (Å²) in [6, 6.07) is 8.27. The Bertz CT molecular complexity index is 1090. The summed E-state index contributed by atoms with van der Waals surface area (Å²) in [6.45, 7) is 8.84. The van der Waals surface area contributed by atoms with E-state index in [1.165, 1.54) is 19.3 Å². The van der Waals surface area contributed by atoms with Crippen molar-refractivity contribution in [3.05, 3.63) is 46.4 Å². The summed E-state index contributed by atoms with van der Waals surface area (Å²) in [5, 5.41) is 8.28. The van der Waals surface area contributed by atoms with Gasteiger partial charge in [0.1, 0.15) is 11.1 Å². The highest BCUT2D eigenvalue weighted by Crippen LogP contribution is 2.31. The summed E-state index contributed by atoms with van der Waals surface area (Å²) < 4.78 is 7.45. The lowest BCUT2D eigenvalue weighted by Gasteiger charge is -2.35. The molecule has 1 atom stereocenters. The van der Waals surface area contributed by atoms with Crippen molar-refractivity contribution in [2.75, 3.05) is 32.1 Å². The topological polar surface area (TPSA) is 88.1 Å². The molecule has 2 aromatic heterocycles. The number of para-hydroxylation sites is 1. The molecule has 3 heterocycles. The van der Waals surface area contributed by atoms with Crippen LogP contribution in [0.3, 0.4) is 0 Å². The predicted octanol–water partition coefficient (Wildman–Crippen LogP) is 3.52. The summed E-state index contributed by atoms with van der Waals surface area (Å²) in [6.07, 6.45) is 5.24. The van der Waals surface area contributed by atoms with Crippen molar-refractivity contribution in [1.29, 1.82) is 0 Å². The Morgan fingerprint density at radius 1 is 1.19 bits per heavy atom. The van der Waals surface area contributed by atoms with E-state index < -0.39 is 0 Å². The fourth-order valence-corrected chi connectivity index (χ4v) is 4.29. The van der Waals surface area contributed by atoms with Crippen molar-refractivity contribution < 1.29 is 4.74 Å². The van der Waals surface area contributed by atoms with Gasteiger partial charge in [-0.05, 0) is 52.8 Å². The number of hydrogen-bond donors (Lipinski definition) is 2. The van der Waals surface area contributed by atoms with E-state index in [4.69, 9.17) is 9.72 Å². The molecular weight excluding hydrogens is 392 g/mol. The van der Waals surface area contributed by atoms with Gasteiger partial charge in [0.05, 0.1) is 24.9 Å². The van der Waals surface area contributed by atoms with Crippen molar-refractivity contribution in [3.8, 4) is 5.75 Å². The standard InChI is InChI=1S/C23H32N6O2/c1-23(2,3)29-20-17(14-25-29)21(30)27-22(26-20)24-15-18(28-12-8-5-9-13-28)16-10-6-7-11-19(16)31-4/h6-7,10-11,14,18H,5,8-9,12-13,15H2,1-4H3,(H2,24,26,27,30). The smallest absolute Gasteiger partial charge is 0.263 e. The summed E-state index contributed by atoms with van der Waals surface area (Å²) in [7, 11) is 1.71. The average Bonchev–Trinajstić information content (AvgIpc) is 3.20. The van der Waals surface area contributed by atoms with E-state index in [0.717, 1.165) is 24.4 Å². The zero-order valence-corrected chi connectivity index (χ0v) is 18.8. The third kappa shape index (κ3) is 4.44. The third-order valence-corrected chi connectivity index (χ3v) is 5.87. The van der Waals surface area contributed by atoms with Gasteiger partial charge in [0, 0.05) is 12.1 Å². The summed E-state index contributed by atoms with van der Waals surface area (Å²) >= 11 is 0. The number of nitrogens with one attached hydrogen (secondary N) is 2. The third-order valence-electron chi connectivity index (χ3n) is 5.87. The van der Waals surface area contributed by atoms with Crippen LogP contribution in [0, 0.1) is 0 Å². The van der Waals surface area contributed by atoms with Gasteiger partial charge in [-0.2, -0.15) is 10.1 Å². The Morgan fingerprint density at radius 2 is 1.94 bits per heavy atom. The Kier molecular flexibility index (Phi) is 6.00. The second kappa shape index (κ2) is 8.70. The van der Waals surface area contributed by atoms with Crippen molar-refractivity contribution in [3.63, 3.8) is 0 Å². The van der Waals surface area contributed by atoms with Crippen LogP contribution in [0.25, 0.3) is 11.0 Å². The minimum Gasteiger partial charge on any atom is -0.496 e. The molecule has 31 heavy (non-hydrogen) atoms. The molecule has 8 heteroatoms. The number of hydrogen-bond acceptors (Lipinski definition) is 6. The highest BCUT2D eigenvalue weighted by Gasteiger charge is 2.25. The maximum atomic E-state index is 12.6. The van der Waals surface area contributed by atoms with E-state index in [2.05, 4.69) is 26.4 Å². The predicted molar refractivity (Wildman–Crippen MR) is 123 cm³/mol. The molecule has 0 amide bonds. The van der Waals surface area contributed by atoms with Crippen molar-refractivity contribution in [2.24, 2.45) is 0 Å². The van der Waals surface area contributed by atoms with Crippen LogP contribution in [0.4, 0.5) is 5.95 Å². The first kappa shape index (κ1) is 21.4. The van der Waals surface area contributed by atoms with Gasteiger partial charge < -0.3 is 10.1 Å². The number of aromatic nitrogens is 4. The van der Waals surface area contributed by atoms with Crippen LogP contribution in [0.15, 0.2) is 35.3 Å². The van der Waals surface area contributed by atoms with Crippen LogP contribution < -0.4 is 15.6 Å². The SMILES string of the molecule is COc1ccccc1C(CNc1nc2c(cnn2C(C)(C)C)c(=O)[nH]1)N1CCCCC1. The first-order chi connectivity index (χ1) is 14.9. The fourth-order valence-electron chi connectivity index (χ4n) is 4.29. The number of piperidine rings is 1. The largest absolute Gasteiger partial charge is 0.496 e. The van der Waals surface area contributed by atoms with Gasteiger partial charge in [-0.3, -0.25) is 14.7 Å². The molecule has 4 rings (SSSR count). The Labute approximate surface area is 182 Å². The quantitative estimate of drug-likeness (QED) is 0.629. The lowest BCUT2D eigenvalue weighted by molar-refractivity contribution is 0.167. The molecule has 0 bridgehead atoms. The molecule has 1 fully saturated rings. The second-order valence-electron chi connectivity index (χ2n) is 9.11. The number of likely N-dealkylation sites (tertiary alicyclic amines) is 1. The van der Waals surface area contributed by atoms with Gasteiger partial charge in [0.15, 0.2) is 5.65 Å². The zero-order valence-electron chi connectivity index (χ0n) is 18.8. The number of nitrogens with zero attached hydrogens (tertiary/aromatic N) is 4. The van der Waals surface area contributed by atoms with Gasteiger partial charge in [0.25, 0.3) is 5.56 Å². The van der Waals surface area contributed by atoms with Crippen LogP contribution in [0.1, 0.15) is 51.6 Å². The van der Waals surface area contributed by atoms with E-state index >= 15 is 0 Å². The normalized spacial score (nSPS) is 16.4. The number of fused-ring (bicyclic) bond motifs is 1. The molecule has 1 saturated heterocycles. The first-order valence-corrected chi connectivity index (χ1v) is 11.0. The number of anilines is 1. The van der Waals surface area contributed by atoms with Gasteiger partial charge in [-0.15, -0.1) is 0 Å². The Balaban J connectivity index is 1.65. The molecule has 166 valence electrons. The molecule has 0 saturated carbocycles. The summed E-state index contributed by atoms with van der Waals surface area (Å²) in [5.74, 6) is 1.34. The number of ether oxygens (including phenoxy) is 1. The van der Waals surface area contributed by atoms with Crippen LogP contribution in [-0.4, -0.2) is 51.4 Å². The molecule has 3 aromatic rings. The summed E-state index contributed by atoms with van der Waals surface area (Å²) in [5.41, 5.74) is 1.27. The highest BCUT2D eigenvalue weighted by molar-refractivity contribution is 5.74. The van der Waals surface area contributed by atoms with Gasteiger partial charge in [0.2, 0.25) is 5.95 Å². The molecule has 0 spiro atoms. The number of aromatic amines is 1. The number of benzene rings is 1. The minimum absolute atomic E-state index is 0.116. The number of rotatable bonds is 6. The molecule has 8 nitrogen and oxygen atoms in total. The molecule has 0 radical (unpaired) electrons. The van der Waals surface area contributed by atoms with Crippen LogP contribution in [0.2, 0.25) is 0 Å². The maximum absolute atomic E-state index is 12.6. The van der Waals surface area contributed by atoms with Crippen LogP contribution in [-0.2, 0) is 5.54 Å². The maximum Gasteiger partial charge on any atom is 0.263 e. The van der Waals surface area contributed by atoms with E-state index in [-0.39, 0.29) is 17.1 Å². The van der Waals surface area contributed by atoms with Gasteiger partial charge >= 0.3 is 0 Å². The van der Waals surface area contributed by atoms with E-state index in [9.17, 15) is 4.79 Å². The van der Waals surface area contributed by atoms with Crippen LogP contribution in [0.5, 0.6) is 5.75 Å². The Hall–Kier alpha value is -2.87. The molecule has 1 unspecified atom stereocenters. The molecule has 1 aliphatic rings. The molecular formula is C23H32N6O2. The zero-order chi connectivity index (χ0) is 22.0. The van der Waals surface area contributed by atoms with E-state index in [0.29, 0.717) is 23.5 Å². The van der Waals surface area contributed by atoms with Crippen molar-refractivity contribution in [1.82, 2.24) is 24.6 Å². The fraction of sp³-hybridized carbons (Fsp3) is 0.522. The minimum atomic E-state index is -0.270. The Morgan fingerprint density at radius 3 is 2.65 bits per heavy atom. The summed E-state index contributed by atoms with van der Waals surface area (Å²) in [4.78, 5) is 22.7. The first-order valence-electron chi connectivity index (χ1n) is 11.0. The van der Waals surface area contributed by atoms with E-state index in [1.807, 2.05) is 39.0 Å². The average molecular weight is 425 g/mol. The molecule has 0 aliphatic carbocycles. The lowest BCUT2D eigenvalue weighted by atomic mass is 10.0. The molecule has 2 N–H and O–H groups in total. The van der Waals surface area contributed by atoms with E-state index in [1.54, 1.807) is 18.0 Å². The molecule has 1 aromatic carbocycles. The van der Waals surface area contributed by atoms with Crippen molar-refractivity contribution in [2.45, 2.75) is 51.6 Å². The number of methoxy groups -OCH3 is 1. The number of H-pyrrole nitrogens is 1. The van der Waals surface area contributed by atoms with Gasteiger partial charge in [-0.25, -0.2) is 4.68 Å². The lowest BCUT2D eigenvalue weighted by Crippen LogP contribution is -2.37. The van der Waals surface area contributed by atoms with Crippen LogP contribution >= 0.6 is 0 Å². The van der Waals surface area contributed by atoms with Gasteiger partial charge in [-0.1, -0.05) is 24.6 Å².